The van der Waals surface area contributed by atoms with Crippen molar-refractivity contribution in [3.8, 4) is 0 Å². The van der Waals surface area contributed by atoms with Crippen molar-refractivity contribution in [3.05, 3.63) is 0 Å². The van der Waals surface area contributed by atoms with Gasteiger partial charge in [0.2, 0.25) is 0 Å². The van der Waals surface area contributed by atoms with Crippen LogP contribution in [0.5, 0.6) is 0 Å². The lowest BCUT2D eigenvalue weighted by Crippen LogP contribution is -2.57. The van der Waals surface area contributed by atoms with E-state index in [1.807, 2.05) is 0 Å². The first-order valence-corrected chi connectivity index (χ1v) is 5.49. The number of morpholine rings is 1. The first kappa shape index (κ1) is 11.0. The zero-order chi connectivity index (χ0) is 9.90. The van der Waals surface area contributed by atoms with Gasteiger partial charge in [-0.2, -0.15) is 0 Å². The van der Waals surface area contributed by atoms with Crippen molar-refractivity contribution in [2.45, 2.75) is 52.2 Å². The summed E-state index contributed by atoms with van der Waals surface area (Å²) in [7, 11) is 0. The highest BCUT2D eigenvalue weighted by Gasteiger charge is 2.36. The number of nitrogens with one attached hydrogen (secondary N) is 1. The third-order valence-corrected chi connectivity index (χ3v) is 3.21. The normalized spacial score (nSPS) is 27.9. The van der Waals surface area contributed by atoms with E-state index in [-0.39, 0.29) is 5.60 Å². The maximum atomic E-state index is 5.80. The highest BCUT2D eigenvalue weighted by molar-refractivity contribution is 4.92. The molecule has 1 unspecified atom stereocenters. The quantitative estimate of drug-likeness (QED) is 0.727. The van der Waals surface area contributed by atoms with Crippen LogP contribution in [0.4, 0.5) is 0 Å². The SMILES string of the molecule is CCC(CC)C1NCCOC1(C)C. The van der Waals surface area contributed by atoms with E-state index in [9.17, 15) is 0 Å². The van der Waals surface area contributed by atoms with Crippen molar-refractivity contribution in [2.75, 3.05) is 13.2 Å². The summed E-state index contributed by atoms with van der Waals surface area (Å²) in [6.45, 7) is 10.8. The number of hydrogen-bond acceptors (Lipinski definition) is 2. The zero-order valence-electron chi connectivity index (χ0n) is 9.39. The van der Waals surface area contributed by atoms with Crippen molar-refractivity contribution >= 4 is 0 Å². The number of rotatable bonds is 3. The Morgan fingerprint density at radius 1 is 1.38 bits per heavy atom. The maximum Gasteiger partial charge on any atom is 0.0782 e. The lowest BCUT2D eigenvalue weighted by Gasteiger charge is -2.43. The molecule has 1 fully saturated rings. The molecule has 0 aromatic rings. The average molecular weight is 185 g/mol. The fraction of sp³-hybridized carbons (Fsp3) is 1.00. The molecule has 0 aliphatic carbocycles. The smallest absolute Gasteiger partial charge is 0.0782 e. The molecule has 1 aliphatic heterocycles. The summed E-state index contributed by atoms with van der Waals surface area (Å²) in [5.74, 6) is 0.746. The van der Waals surface area contributed by atoms with E-state index in [2.05, 4.69) is 33.0 Å². The van der Waals surface area contributed by atoms with Crippen LogP contribution in [0.3, 0.4) is 0 Å². The second-order valence-electron chi connectivity index (χ2n) is 4.46. The molecule has 1 N–H and O–H groups in total. The van der Waals surface area contributed by atoms with Gasteiger partial charge in [0.25, 0.3) is 0 Å². The Balaban J connectivity index is 2.63. The van der Waals surface area contributed by atoms with Crippen LogP contribution in [0.1, 0.15) is 40.5 Å². The third kappa shape index (κ3) is 2.44. The summed E-state index contributed by atoms with van der Waals surface area (Å²) in [6, 6.07) is 0.524. The summed E-state index contributed by atoms with van der Waals surface area (Å²) in [5.41, 5.74) is 0.00887. The minimum absolute atomic E-state index is 0.00887. The Morgan fingerprint density at radius 2 is 2.00 bits per heavy atom. The fourth-order valence-corrected chi connectivity index (χ4v) is 2.36. The second kappa shape index (κ2) is 4.43. The van der Waals surface area contributed by atoms with E-state index in [4.69, 9.17) is 4.74 Å². The minimum Gasteiger partial charge on any atom is -0.373 e. The van der Waals surface area contributed by atoms with Crippen molar-refractivity contribution < 1.29 is 4.74 Å². The molecule has 0 aromatic carbocycles. The molecule has 1 aliphatic rings. The van der Waals surface area contributed by atoms with Gasteiger partial charge in [0.05, 0.1) is 12.2 Å². The van der Waals surface area contributed by atoms with Gasteiger partial charge in [-0.05, 0) is 19.8 Å². The molecule has 1 saturated heterocycles. The molecule has 0 amide bonds. The zero-order valence-corrected chi connectivity index (χ0v) is 9.39. The molecule has 0 radical (unpaired) electrons. The minimum atomic E-state index is 0.00887. The van der Waals surface area contributed by atoms with Crippen LogP contribution in [0.25, 0.3) is 0 Å². The van der Waals surface area contributed by atoms with Gasteiger partial charge in [0, 0.05) is 12.6 Å². The molecule has 0 bridgehead atoms. The van der Waals surface area contributed by atoms with E-state index in [1.165, 1.54) is 12.8 Å². The molecular weight excluding hydrogens is 162 g/mol. The predicted molar refractivity (Wildman–Crippen MR) is 55.9 cm³/mol. The summed E-state index contributed by atoms with van der Waals surface area (Å²) in [4.78, 5) is 0. The second-order valence-corrected chi connectivity index (χ2v) is 4.46. The molecule has 13 heavy (non-hydrogen) atoms. The van der Waals surface area contributed by atoms with Crippen molar-refractivity contribution in [3.63, 3.8) is 0 Å². The Bertz CT molecular complexity index is 152. The van der Waals surface area contributed by atoms with Crippen molar-refractivity contribution in [1.29, 1.82) is 0 Å². The highest BCUT2D eigenvalue weighted by atomic mass is 16.5. The predicted octanol–water partition coefficient (Wildman–Crippen LogP) is 2.19. The monoisotopic (exact) mass is 185 g/mol. The average Bonchev–Trinajstić information content (AvgIpc) is 2.09. The molecule has 0 spiro atoms. The van der Waals surface area contributed by atoms with Crippen molar-refractivity contribution in [2.24, 2.45) is 5.92 Å². The van der Waals surface area contributed by atoms with Gasteiger partial charge in [0.15, 0.2) is 0 Å². The van der Waals surface area contributed by atoms with E-state index in [1.54, 1.807) is 0 Å². The van der Waals surface area contributed by atoms with Crippen LogP contribution in [-0.2, 0) is 4.74 Å². The summed E-state index contributed by atoms with van der Waals surface area (Å²) in [5, 5.41) is 3.59. The molecule has 1 atom stereocenters. The molecule has 1 heterocycles. The Kier molecular flexibility index (Phi) is 3.74. The van der Waals surface area contributed by atoms with Gasteiger partial charge in [-0.1, -0.05) is 26.7 Å². The molecule has 78 valence electrons. The fourth-order valence-electron chi connectivity index (χ4n) is 2.36. The lowest BCUT2D eigenvalue weighted by atomic mass is 9.83. The van der Waals surface area contributed by atoms with Crippen LogP contribution in [0.15, 0.2) is 0 Å². The van der Waals surface area contributed by atoms with Crippen LogP contribution < -0.4 is 5.32 Å². The van der Waals surface area contributed by atoms with E-state index < -0.39 is 0 Å². The van der Waals surface area contributed by atoms with Crippen LogP contribution >= 0.6 is 0 Å². The van der Waals surface area contributed by atoms with Gasteiger partial charge in [-0.15, -0.1) is 0 Å². The maximum absolute atomic E-state index is 5.80. The van der Waals surface area contributed by atoms with Crippen LogP contribution in [-0.4, -0.2) is 24.8 Å². The molecule has 2 heteroatoms. The van der Waals surface area contributed by atoms with E-state index in [0.717, 1.165) is 19.1 Å². The topological polar surface area (TPSA) is 21.3 Å². The van der Waals surface area contributed by atoms with Crippen molar-refractivity contribution in [1.82, 2.24) is 5.32 Å². The summed E-state index contributed by atoms with van der Waals surface area (Å²) >= 11 is 0. The molecule has 0 aromatic heterocycles. The summed E-state index contributed by atoms with van der Waals surface area (Å²) in [6.07, 6.45) is 2.47. The largest absolute Gasteiger partial charge is 0.373 e. The van der Waals surface area contributed by atoms with Crippen LogP contribution in [0.2, 0.25) is 0 Å². The van der Waals surface area contributed by atoms with Gasteiger partial charge in [-0.25, -0.2) is 0 Å². The molecule has 1 rings (SSSR count). The Morgan fingerprint density at radius 3 is 2.46 bits per heavy atom. The molecular formula is C11H23NO. The van der Waals surface area contributed by atoms with Gasteiger partial charge in [-0.3, -0.25) is 0 Å². The Hall–Kier alpha value is -0.0800. The molecule has 2 nitrogen and oxygen atoms in total. The lowest BCUT2D eigenvalue weighted by molar-refractivity contribution is -0.0866. The van der Waals surface area contributed by atoms with E-state index in [0.29, 0.717) is 6.04 Å². The highest BCUT2D eigenvalue weighted by Crippen LogP contribution is 2.27. The van der Waals surface area contributed by atoms with E-state index >= 15 is 0 Å². The standard InChI is InChI=1S/C11H23NO/c1-5-9(6-2)10-11(3,4)13-8-7-12-10/h9-10,12H,5-8H2,1-4H3. The third-order valence-electron chi connectivity index (χ3n) is 3.21. The summed E-state index contributed by atoms with van der Waals surface area (Å²) < 4.78 is 5.80. The molecule has 0 saturated carbocycles. The number of ether oxygens (including phenoxy) is 1. The first-order valence-electron chi connectivity index (χ1n) is 5.49. The van der Waals surface area contributed by atoms with Gasteiger partial charge >= 0.3 is 0 Å². The number of hydrogen-bond donors (Lipinski definition) is 1. The Labute approximate surface area is 82.0 Å². The first-order chi connectivity index (χ1) is 6.11. The van der Waals surface area contributed by atoms with Gasteiger partial charge < -0.3 is 10.1 Å². The van der Waals surface area contributed by atoms with Gasteiger partial charge in [0.1, 0.15) is 0 Å². The van der Waals surface area contributed by atoms with Crippen LogP contribution in [0, 0.1) is 5.92 Å².